The molecule has 1 aromatic heterocycles. The van der Waals surface area contributed by atoms with Gasteiger partial charge in [-0.1, -0.05) is 18.2 Å². The molecule has 18 heavy (non-hydrogen) atoms. The summed E-state index contributed by atoms with van der Waals surface area (Å²) in [5, 5.41) is 13.8. The van der Waals surface area contributed by atoms with Gasteiger partial charge in [0.2, 0.25) is 0 Å². The van der Waals surface area contributed by atoms with Crippen molar-refractivity contribution in [1.82, 2.24) is 9.88 Å². The van der Waals surface area contributed by atoms with Crippen molar-refractivity contribution in [3.63, 3.8) is 0 Å². The topological polar surface area (TPSA) is 37.2 Å². The summed E-state index contributed by atoms with van der Waals surface area (Å²) in [7, 11) is 0. The van der Waals surface area contributed by atoms with Crippen molar-refractivity contribution in [2.24, 2.45) is 0 Å². The lowest BCUT2D eigenvalue weighted by molar-refractivity contribution is 0.280. The molecule has 1 aliphatic rings. The van der Waals surface area contributed by atoms with Gasteiger partial charge in [-0.2, -0.15) is 0 Å². The highest BCUT2D eigenvalue weighted by Gasteiger charge is 2.20. The summed E-state index contributed by atoms with van der Waals surface area (Å²) in [5.41, 5.74) is 2.68. The molecule has 96 valence electrons. The fraction of sp³-hybridized carbons (Fsp3) is 0.467. The van der Waals surface area contributed by atoms with E-state index in [4.69, 9.17) is 5.11 Å². The Bertz CT molecular complexity index is 528. The molecule has 1 heterocycles. The zero-order valence-electron chi connectivity index (χ0n) is 10.6. The number of fused-ring (bicyclic) bond motifs is 1. The number of hydrogen-bond acceptors (Lipinski definition) is 2. The first-order valence-electron chi connectivity index (χ1n) is 6.79. The molecule has 0 atom stereocenters. The van der Waals surface area contributed by atoms with Gasteiger partial charge in [0, 0.05) is 31.9 Å². The van der Waals surface area contributed by atoms with Gasteiger partial charge in [0.15, 0.2) is 0 Å². The van der Waals surface area contributed by atoms with E-state index in [1.54, 1.807) is 0 Å². The van der Waals surface area contributed by atoms with Gasteiger partial charge >= 0.3 is 0 Å². The Kier molecular flexibility index (Phi) is 3.35. The molecule has 3 nitrogen and oxygen atoms in total. The second kappa shape index (κ2) is 5.12. The molecule has 0 saturated heterocycles. The van der Waals surface area contributed by atoms with Gasteiger partial charge in [-0.15, -0.1) is 0 Å². The van der Waals surface area contributed by atoms with Crippen molar-refractivity contribution in [2.45, 2.75) is 38.4 Å². The van der Waals surface area contributed by atoms with Crippen molar-refractivity contribution < 1.29 is 5.11 Å². The van der Waals surface area contributed by atoms with E-state index in [0.29, 0.717) is 0 Å². The second-order valence-corrected chi connectivity index (χ2v) is 5.10. The van der Waals surface area contributed by atoms with E-state index in [0.717, 1.165) is 25.6 Å². The molecular formula is C15H20N2O. The maximum atomic E-state index is 8.97. The van der Waals surface area contributed by atoms with Crippen LogP contribution < -0.4 is 5.32 Å². The smallest absolute Gasteiger partial charge is 0.0525 e. The van der Waals surface area contributed by atoms with Crippen molar-refractivity contribution in [1.29, 1.82) is 0 Å². The van der Waals surface area contributed by atoms with Gasteiger partial charge in [-0.05, 0) is 36.3 Å². The van der Waals surface area contributed by atoms with Gasteiger partial charge in [0.05, 0.1) is 5.52 Å². The molecule has 2 aromatic rings. The molecular weight excluding hydrogens is 224 g/mol. The maximum Gasteiger partial charge on any atom is 0.0525 e. The lowest BCUT2D eigenvalue weighted by atomic mass is 10.1. The number of aliphatic hydroxyl groups excluding tert-OH is 1. The fourth-order valence-corrected chi connectivity index (χ4v) is 2.45. The highest BCUT2D eigenvalue weighted by Crippen LogP contribution is 2.23. The SMILES string of the molecule is OCCCn1ccc2cccc(CNC3CC3)c21. The first-order chi connectivity index (χ1) is 8.88. The Hall–Kier alpha value is -1.32. The molecule has 1 aromatic carbocycles. The normalized spacial score (nSPS) is 15.4. The van der Waals surface area contributed by atoms with Crippen LogP contribution in [-0.4, -0.2) is 22.3 Å². The van der Waals surface area contributed by atoms with Crippen molar-refractivity contribution in [3.05, 3.63) is 36.0 Å². The predicted molar refractivity (Wildman–Crippen MR) is 73.5 cm³/mol. The average Bonchev–Trinajstić information content (AvgIpc) is 3.13. The van der Waals surface area contributed by atoms with Crippen molar-refractivity contribution >= 4 is 10.9 Å². The van der Waals surface area contributed by atoms with Crippen LogP contribution in [0, 0.1) is 0 Å². The summed E-state index contributed by atoms with van der Waals surface area (Å²) in [4.78, 5) is 0. The van der Waals surface area contributed by atoms with Crippen LogP contribution in [-0.2, 0) is 13.1 Å². The molecule has 0 amide bonds. The van der Waals surface area contributed by atoms with Crippen LogP contribution in [0.4, 0.5) is 0 Å². The first-order valence-corrected chi connectivity index (χ1v) is 6.79. The quantitative estimate of drug-likeness (QED) is 0.818. The number of aromatic nitrogens is 1. The zero-order chi connectivity index (χ0) is 12.4. The van der Waals surface area contributed by atoms with E-state index < -0.39 is 0 Å². The van der Waals surface area contributed by atoms with Gasteiger partial charge in [-0.25, -0.2) is 0 Å². The van der Waals surface area contributed by atoms with Gasteiger partial charge in [0.25, 0.3) is 0 Å². The highest BCUT2D eigenvalue weighted by atomic mass is 16.3. The summed E-state index contributed by atoms with van der Waals surface area (Å²) in [6.07, 6.45) is 5.58. The Morgan fingerprint density at radius 2 is 2.17 bits per heavy atom. The molecule has 3 heteroatoms. The summed E-state index contributed by atoms with van der Waals surface area (Å²) in [6.45, 7) is 2.09. The Labute approximate surface area is 107 Å². The minimum Gasteiger partial charge on any atom is -0.396 e. The van der Waals surface area contributed by atoms with Gasteiger partial charge in [-0.3, -0.25) is 0 Å². The van der Waals surface area contributed by atoms with Crippen LogP contribution in [0.5, 0.6) is 0 Å². The van der Waals surface area contributed by atoms with E-state index in [2.05, 4.69) is 40.3 Å². The van der Waals surface area contributed by atoms with Crippen LogP contribution >= 0.6 is 0 Å². The number of rotatable bonds is 6. The molecule has 1 aliphatic carbocycles. The molecule has 2 N–H and O–H groups in total. The third-order valence-electron chi connectivity index (χ3n) is 3.59. The van der Waals surface area contributed by atoms with Gasteiger partial charge in [0.1, 0.15) is 0 Å². The van der Waals surface area contributed by atoms with Gasteiger partial charge < -0.3 is 15.0 Å². The lowest BCUT2D eigenvalue weighted by Gasteiger charge is -2.10. The summed E-state index contributed by atoms with van der Waals surface area (Å²) in [6, 6.07) is 9.38. The minimum absolute atomic E-state index is 0.252. The standard InChI is InChI=1S/C15H20N2O/c18-10-2-8-17-9-7-12-3-1-4-13(15(12)17)11-16-14-5-6-14/h1,3-4,7,9,14,16,18H,2,5-6,8,10-11H2. The number of hydrogen-bond donors (Lipinski definition) is 2. The van der Waals surface area contributed by atoms with E-state index in [9.17, 15) is 0 Å². The number of nitrogens with zero attached hydrogens (tertiary/aromatic N) is 1. The molecule has 3 rings (SSSR count). The Balaban J connectivity index is 1.87. The van der Waals surface area contributed by atoms with E-state index in [1.165, 1.54) is 29.3 Å². The third-order valence-corrected chi connectivity index (χ3v) is 3.59. The minimum atomic E-state index is 0.252. The van der Waals surface area contributed by atoms with E-state index >= 15 is 0 Å². The maximum absolute atomic E-state index is 8.97. The fourth-order valence-electron chi connectivity index (χ4n) is 2.45. The van der Waals surface area contributed by atoms with Crippen molar-refractivity contribution in [2.75, 3.05) is 6.61 Å². The molecule has 0 radical (unpaired) electrons. The molecule has 0 aliphatic heterocycles. The van der Waals surface area contributed by atoms with Crippen LogP contribution in [0.25, 0.3) is 10.9 Å². The second-order valence-electron chi connectivity index (χ2n) is 5.10. The number of benzene rings is 1. The van der Waals surface area contributed by atoms with Crippen molar-refractivity contribution in [3.8, 4) is 0 Å². The molecule has 0 bridgehead atoms. The zero-order valence-corrected chi connectivity index (χ0v) is 10.6. The molecule has 0 unspecified atom stereocenters. The third kappa shape index (κ3) is 2.42. The molecule has 1 saturated carbocycles. The summed E-state index contributed by atoms with van der Waals surface area (Å²) in [5.74, 6) is 0. The first kappa shape index (κ1) is 11.8. The predicted octanol–water partition coefficient (Wildman–Crippen LogP) is 2.28. The van der Waals surface area contributed by atoms with E-state index in [1.807, 2.05) is 0 Å². The van der Waals surface area contributed by atoms with E-state index in [-0.39, 0.29) is 6.61 Å². The summed E-state index contributed by atoms with van der Waals surface area (Å²) >= 11 is 0. The van der Waals surface area contributed by atoms with Crippen LogP contribution in [0.15, 0.2) is 30.5 Å². The number of para-hydroxylation sites is 1. The monoisotopic (exact) mass is 244 g/mol. The summed E-state index contributed by atoms with van der Waals surface area (Å²) < 4.78 is 2.26. The average molecular weight is 244 g/mol. The van der Waals surface area contributed by atoms with Crippen LogP contribution in [0.3, 0.4) is 0 Å². The van der Waals surface area contributed by atoms with Crippen LogP contribution in [0.2, 0.25) is 0 Å². The number of aryl methyl sites for hydroxylation is 1. The molecule has 1 fully saturated rings. The highest BCUT2D eigenvalue weighted by molar-refractivity contribution is 5.83. The Morgan fingerprint density at radius 3 is 2.94 bits per heavy atom. The number of nitrogens with one attached hydrogen (secondary N) is 1. The molecule has 0 spiro atoms. The van der Waals surface area contributed by atoms with Crippen LogP contribution in [0.1, 0.15) is 24.8 Å². The lowest BCUT2D eigenvalue weighted by Crippen LogP contribution is -2.16. The number of aliphatic hydroxyl groups is 1. The Morgan fingerprint density at radius 1 is 1.28 bits per heavy atom. The largest absolute Gasteiger partial charge is 0.396 e.